The Morgan fingerprint density at radius 1 is 1.05 bits per heavy atom. The Morgan fingerprint density at radius 2 is 1.76 bits per heavy atom. The van der Waals surface area contributed by atoms with Gasteiger partial charge in [-0.2, -0.15) is 0 Å². The lowest BCUT2D eigenvalue weighted by atomic mass is 9.99. The number of nitrogens with one attached hydrogen (secondary N) is 1. The van der Waals surface area contributed by atoms with Gasteiger partial charge < -0.3 is 4.98 Å². The quantitative estimate of drug-likeness (QED) is 0.769. The van der Waals surface area contributed by atoms with Crippen LogP contribution in [0.4, 0.5) is 0 Å². The lowest BCUT2D eigenvalue weighted by Gasteiger charge is -2.12. The van der Waals surface area contributed by atoms with Gasteiger partial charge in [-0.05, 0) is 17.7 Å². The minimum Gasteiger partial charge on any atom is -0.310 e. The summed E-state index contributed by atoms with van der Waals surface area (Å²) in [5, 5.41) is 2.28. The topological polar surface area (TPSA) is 45.8 Å². The van der Waals surface area contributed by atoms with Crippen LogP contribution < -0.4 is 5.56 Å². The maximum Gasteiger partial charge on any atom is 0.254 e. The highest BCUT2D eigenvalue weighted by Gasteiger charge is 2.13. The van der Waals surface area contributed by atoms with Gasteiger partial charge in [0.2, 0.25) is 0 Å². The molecule has 3 aromatic rings. The largest absolute Gasteiger partial charge is 0.310 e. The summed E-state index contributed by atoms with van der Waals surface area (Å²) in [6.07, 6.45) is 0. The molecular formula is C18H18N2O. The maximum absolute atomic E-state index is 12.2. The highest BCUT2D eigenvalue weighted by Crippen LogP contribution is 2.28. The van der Waals surface area contributed by atoms with Crippen LogP contribution in [-0.2, 0) is 0 Å². The minimum atomic E-state index is -0.0587. The molecule has 0 saturated carbocycles. The molecular weight excluding hydrogens is 260 g/mol. The zero-order valence-electron chi connectivity index (χ0n) is 12.5. The van der Waals surface area contributed by atoms with E-state index in [0.717, 1.165) is 27.9 Å². The van der Waals surface area contributed by atoms with Crippen LogP contribution in [0.3, 0.4) is 0 Å². The first-order valence-electron chi connectivity index (χ1n) is 7.17. The average Bonchev–Trinajstić information content (AvgIpc) is 2.49. The van der Waals surface area contributed by atoms with Crippen LogP contribution in [-0.4, -0.2) is 9.97 Å². The van der Waals surface area contributed by atoms with Gasteiger partial charge >= 0.3 is 0 Å². The summed E-state index contributed by atoms with van der Waals surface area (Å²) in [5.41, 5.74) is 2.39. The molecule has 0 aliphatic carbocycles. The van der Waals surface area contributed by atoms with Crippen molar-refractivity contribution in [3.63, 3.8) is 0 Å². The average molecular weight is 278 g/mol. The highest BCUT2D eigenvalue weighted by atomic mass is 16.1. The van der Waals surface area contributed by atoms with E-state index in [4.69, 9.17) is 4.98 Å². The smallest absolute Gasteiger partial charge is 0.254 e. The molecule has 0 bridgehead atoms. The molecule has 0 atom stereocenters. The van der Waals surface area contributed by atoms with Crippen LogP contribution in [0.25, 0.3) is 22.0 Å². The van der Waals surface area contributed by atoms with E-state index >= 15 is 0 Å². The van der Waals surface area contributed by atoms with E-state index in [9.17, 15) is 4.79 Å². The highest BCUT2D eigenvalue weighted by molar-refractivity contribution is 5.96. The summed E-state index contributed by atoms with van der Waals surface area (Å²) in [4.78, 5) is 19.7. The molecule has 0 aliphatic heterocycles. The normalized spacial score (nSPS) is 11.2. The maximum atomic E-state index is 12.2. The van der Waals surface area contributed by atoms with Gasteiger partial charge in [0, 0.05) is 17.0 Å². The summed E-state index contributed by atoms with van der Waals surface area (Å²) in [6, 6.07) is 14.3. The molecule has 21 heavy (non-hydrogen) atoms. The molecule has 3 heteroatoms. The molecule has 0 amide bonds. The van der Waals surface area contributed by atoms with E-state index in [-0.39, 0.29) is 11.5 Å². The predicted molar refractivity (Wildman–Crippen MR) is 86.6 cm³/mol. The number of nitrogens with zero attached hydrogens (tertiary/aromatic N) is 1. The van der Waals surface area contributed by atoms with Crippen molar-refractivity contribution in [1.82, 2.24) is 9.97 Å². The van der Waals surface area contributed by atoms with Crippen LogP contribution in [0.5, 0.6) is 0 Å². The van der Waals surface area contributed by atoms with E-state index in [1.165, 1.54) is 0 Å². The summed E-state index contributed by atoms with van der Waals surface area (Å²) < 4.78 is 0. The third kappa shape index (κ3) is 2.35. The SMILES string of the molecule is Cc1c(-c2cccc3ccccc23)nc(C(C)C)[nH]c1=O. The number of benzene rings is 2. The van der Waals surface area contributed by atoms with Crippen LogP contribution in [0, 0.1) is 6.92 Å². The standard InChI is InChI=1S/C18H18N2O/c1-11(2)17-19-16(12(3)18(21)20-17)15-10-6-8-13-7-4-5-9-14(13)15/h4-11H,1-3H3,(H,19,20,21). The van der Waals surface area contributed by atoms with Gasteiger partial charge in [-0.15, -0.1) is 0 Å². The van der Waals surface area contributed by atoms with Crippen molar-refractivity contribution in [1.29, 1.82) is 0 Å². The van der Waals surface area contributed by atoms with E-state index in [0.29, 0.717) is 5.56 Å². The molecule has 1 heterocycles. The summed E-state index contributed by atoms with van der Waals surface area (Å²) in [5.74, 6) is 0.917. The van der Waals surface area contributed by atoms with Gasteiger partial charge in [0.25, 0.3) is 5.56 Å². The third-order valence-electron chi connectivity index (χ3n) is 3.76. The number of aromatic amines is 1. The molecule has 0 fully saturated rings. The second-order valence-corrected chi connectivity index (χ2v) is 5.61. The van der Waals surface area contributed by atoms with Gasteiger partial charge in [0.1, 0.15) is 5.82 Å². The van der Waals surface area contributed by atoms with E-state index in [2.05, 4.69) is 23.2 Å². The van der Waals surface area contributed by atoms with Crippen molar-refractivity contribution in [3.8, 4) is 11.3 Å². The van der Waals surface area contributed by atoms with Crippen molar-refractivity contribution < 1.29 is 0 Å². The fourth-order valence-corrected chi connectivity index (χ4v) is 2.52. The molecule has 1 N–H and O–H groups in total. The van der Waals surface area contributed by atoms with E-state index in [1.54, 1.807) is 0 Å². The van der Waals surface area contributed by atoms with Crippen molar-refractivity contribution in [2.45, 2.75) is 26.7 Å². The molecule has 0 aliphatic rings. The van der Waals surface area contributed by atoms with Gasteiger partial charge in [-0.1, -0.05) is 56.3 Å². The van der Waals surface area contributed by atoms with Gasteiger partial charge in [-0.3, -0.25) is 4.79 Å². The van der Waals surface area contributed by atoms with Crippen LogP contribution >= 0.6 is 0 Å². The number of aromatic nitrogens is 2. The summed E-state index contributed by atoms with van der Waals surface area (Å²) >= 11 is 0. The minimum absolute atomic E-state index is 0.0587. The number of hydrogen-bond donors (Lipinski definition) is 1. The summed E-state index contributed by atoms with van der Waals surface area (Å²) in [7, 11) is 0. The lowest BCUT2D eigenvalue weighted by Crippen LogP contribution is -2.17. The van der Waals surface area contributed by atoms with Crippen LogP contribution in [0.15, 0.2) is 47.3 Å². The zero-order chi connectivity index (χ0) is 15.0. The molecule has 0 saturated heterocycles. The van der Waals surface area contributed by atoms with Crippen LogP contribution in [0.2, 0.25) is 0 Å². The molecule has 3 nitrogen and oxygen atoms in total. The Labute approximate surface area is 123 Å². The predicted octanol–water partition coefficient (Wildman–Crippen LogP) is 4.02. The van der Waals surface area contributed by atoms with Crippen molar-refractivity contribution in [2.24, 2.45) is 0 Å². The third-order valence-corrected chi connectivity index (χ3v) is 3.76. The monoisotopic (exact) mass is 278 g/mol. The van der Waals surface area contributed by atoms with E-state index < -0.39 is 0 Å². The van der Waals surface area contributed by atoms with Crippen molar-refractivity contribution in [3.05, 3.63) is 64.2 Å². The van der Waals surface area contributed by atoms with Gasteiger partial charge in [0.05, 0.1) is 5.69 Å². The molecule has 1 aromatic heterocycles. The fourth-order valence-electron chi connectivity index (χ4n) is 2.52. The molecule has 0 spiro atoms. The first kappa shape index (κ1) is 13.6. The second-order valence-electron chi connectivity index (χ2n) is 5.61. The number of fused-ring (bicyclic) bond motifs is 1. The van der Waals surface area contributed by atoms with Crippen molar-refractivity contribution in [2.75, 3.05) is 0 Å². The first-order valence-corrected chi connectivity index (χ1v) is 7.17. The zero-order valence-corrected chi connectivity index (χ0v) is 12.5. The van der Waals surface area contributed by atoms with Crippen LogP contribution in [0.1, 0.15) is 31.2 Å². The molecule has 0 radical (unpaired) electrons. The van der Waals surface area contributed by atoms with Gasteiger partial charge in [0.15, 0.2) is 0 Å². The number of H-pyrrole nitrogens is 1. The van der Waals surface area contributed by atoms with E-state index in [1.807, 2.05) is 45.0 Å². The fraction of sp³-hybridized carbons (Fsp3) is 0.222. The molecule has 0 unspecified atom stereocenters. The Bertz CT molecular complexity index is 857. The number of rotatable bonds is 2. The first-order chi connectivity index (χ1) is 10.1. The Hall–Kier alpha value is -2.42. The van der Waals surface area contributed by atoms with Gasteiger partial charge in [-0.25, -0.2) is 4.98 Å². The number of hydrogen-bond acceptors (Lipinski definition) is 2. The summed E-state index contributed by atoms with van der Waals surface area (Å²) in [6.45, 7) is 5.88. The Kier molecular flexibility index (Phi) is 3.34. The molecule has 3 rings (SSSR count). The molecule has 106 valence electrons. The second kappa shape index (κ2) is 5.17. The molecule has 2 aromatic carbocycles. The lowest BCUT2D eigenvalue weighted by molar-refractivity contribution is 0.765. The Balaban J connectivity index is 2.35. The Morgan fingerprint density at radius 3 is 2.52 bits per heavy atom. The van der Waals surface area contributed by atoms with Crippen molar-refractivity contribution >= 4 is 10.8 Å².